The van der Waals surface area contributed by atoms with Gasteiger partial charge in [-0.25, -0.2) is 4.79 Å². The average Bonchev–Trinajstić information content (AvgIpc) is 3.23. The van der Waals surface area contributed by atoms with Crippen LogP contribution in [0.1, 0.15) is 49.9 Å². The number of hydrogen-bond donors (Lipinski definition) is 2. The Bertz CT molecular complexity index is 857. The van der Waals surface area contributed by atoms with Crippen molar-refractivity contribution in [2.45, 2.75) is 51.2 Å². The summed E-state index contributed by atoms with van der Waals surface area (Å²) in [6.45, 7) is 2.29. The van der Waals surface area contributed by atoms with Gasteiger partial charge in [0.2, 0.25) is 0 Å². The largest absolute Gasteiger partial charge is 0.451 e. The van der Waals surface area contributed by atoms with Crippen LogP contribution in [0.5, 0.6) is 0 Å². The smallest absolute Gasteiger partial charge is 0.327 e. The van der Waals surface area contributed by atoms with Gasteiger partial charge in [-0.15, -0.1) is 0 Å². The van der Waals surface area contributed by atoms with Crippen LogP contribution in [-0.2, 0) is 19.1 Å². The van der Waals surface area contributed by atoms with E-state index in [2.05, 4.69) is 10.6 Å². The van der Waals surface area contributed by atoms with Crippen LogP contribution >= 0.6 is 0 Å². The van der Waals surface area contributed by atoms with Crippen molar-refractivity contribution in [2.75, 3.05) is 11.9 Å². The molecule has 1 atom stereocenters. The number of rotatable bonds is 6. The molecule has 1 aliphatic heterocycles. The fourth-order valence-electron chi connectivity index (χ4n) is 3.59. The lowest BCUT2D eigenvalue weighted by atomic mass is 9.98. The minimum atomic E-state index is -1.13. The number of esters is 1. The zero-order valence-corrected chi connectivity index (χ0v) is 16.3. The second kappa shape index (κ2) is 8.02. The molecule has 1 spiro atoms. The normalized spacial score (nSPS) is 18.5. The molecule has 1 saturated carbocycles. The highest BCUT2D eigenvalue weighted by Crippen LogP contribution is 2.34. The van der Waals surface area contributed by atoms with Crippen LogP contribution < -0.4 is 10.6 Å². The van der Waals surface area contributed by atoms with Crippen LogP contribution in [0.3, 0.4) is 0 Å². The highest BCUT2D eigenvalue weighted by Gasteiger charge is 2.52. The minimum Gasteiger partial charge on any atom is -0.451 e. The summed E-state index contributed by atoms with van der Waals surface area (Å²) in [5, 5.41) is 5.26. The van der Waals surface area contributed by atoms with Crippen LogP contribution in [0.2, 0.25) is 0 Å². The fourth-order valence-corrected chi connectivity index (χ4v) is 3.59. The Morgan fingerprint density at radius 3 is 2.38 bits per heavy atom. The molecule has 1 aliphatic carbocycles. The van der Waals surface area contributed by atoms with Gasteiger partial charge in [0.15, 0.2) is 11.9 Å². The van der Waals surface area contributed by atoms with E-state index in [9.17, 15) is 24.0 Å². The second-order valence-corrected chi connectivity index (χ2v) is 7.37. The van der Waals surface area contributed by atoms with Crippen molar-refractivity contribution in [3.05, 3.63) is 29.8 Å². The van der Waals surface area contributed by atoms with Crippen molar-refractivity contribution in [3.63, 3.8) is 0 Å². The molecule has 0 radical (unpaired) electrons. The summed E-state index contributed by atoms with van der Waals surface area (Å²) in [6, 6.07) is 5.67. The summed E-state index contributed by atoms with van der Waals surface area (Å²) in [5.74, 6) is -1.93. The van der Waals surface area contributed by atoms with Crippen molar-refractivity contribution >= 4 is 35.3 Å². The number of anilines is 1. The van der Waals surface area contributed by atoms with Crippen LogP contribution in [0, 0.1) is 0 Å². The van der Waals surface area contributed by atoms with Crippen molar-refractivity contribution in [1.29, 1.82) is 0 Å². The number of imide groups is 1. The van der Waals surface area contributed by atoms with E-state index in [0.717, 1.165) is 17.7 Å². The summed E-state index contributed by atoms with van der Waals surface area (Å²) in [4.78, 5) is 61.2. The van der Waals surface area contributed by atoms with Crippen LogP contribution in [0.25, 0.3) is 0 Å². The Labute approximate surface area is 167 Å². The van der Waals surface area contributed by atoms with Crippen molar-refractivity contribution < 1.29 is 28.7 Å². The summed E-state index contributed by atoms with van der Waals surface area (Å²) < 4.78 is 5.08. The van der Waals surface area contributed by atoms with Gasteiger partial charge in [-0.05, 0) is 51.0 Å². The monoisotopic (exact) mass is 401 g/mol. The molecular formula is C20H23N3O6. The fraction of sp³-hybridized carbons (Fsp3) is 0.450. The van der Waals surface area contributed by atoms with E-state index in [-0.39, 0.29) is 5.78 Å². The molecule has 0 aromatic heterocycles. The third kappa shape index (κ3) is 4.28. The summed E-state index contributed by atoms with van der Waals surface area (Å²) in [6.07, 6.45) is 1.68. The molecule has 1 heterocycles. The van der Waals surface area contributed by atoms with Gasteiger partial charge in [0.05, 0.1) is 0 Å². The molecular weight excluding hydrogens is 378 g/mol. The van der Waals surface area contributed by atoms with Gasteiger partial charge in [-0.2, -0.15) is 0 Å². The van der Waals surface area contributed by atoms with Gasteiger partial charge in [-0.3, -0.25) is 24.1 Å². The zero-order chi connectivity index (χ0) is 21.2. The molecule has 1 saturated heterocycles. The second-order valence-electron chi connectivity index (χ2n) is 7.37. The number of hydrogen-bond acceptors (Lipinski definition) is 6. The minimum absolute atomic E-state index is 0.0925. The third-order valence-electron chi connectivity index (χ3n) is 5.23. The first-order valence-corrected chi connectivity index (χ1v) is 9.47. The van der Waals surface area contributed by atoms with E-state index in [0.29, 0.717) is 24.1 Å². The lowest BCUT2D eigenvalue weighted by Crippen LogP contribution is -2.44. The number of amides is 4. The quantitative estimate of drug-likeness (QED) is 0.424. The first-order valence-electron chi connectivity index (χ1n) is 9.47. The van der Waals surface area contributed by atoms with E-state index in [1.54, 1.807) is 24.3 Å². The number of nitrogens with zero attached hydrogens (tertiary/aromatic N) is 1. The van der Waals surface area contributed by atoms with Gasteiger partial charge in [0.1, 0.15) is 12.1 Å². The molecule has 1 aromatic carbocycles. The van der Waals surface area contributed by atoms with E-state index < -0.39 is 42.0 Å². The molecule has 4 amide bonds. The highest BCUT2D eigenvalue weighted by atomic mass is 16.5. The molecule has 0 unspecified atom stereocenters. The summed E-state index contributed by atoms with van der Waals surface area (Å²) in [5.41, 5.74) is 0.0584. The van der Waals surface area contributed by atoms with Crippen LogP contribution in [-0.4, -0.2) is 52.7 Å². The average molecular weight is 401 g/mol. The van der Waals surface area contributed by atoms with E-state index in [4.69, 9.17) is 4.74 Å². The number of ketones is 1. The number of urea groups is 1. The van der Waals surface area contributed by atoms with E-state index in [1.165, 1.54) is 13.8 Å². The van der Waals surface area contributed by atoms with Crippen LogP contribution in [0.4, 0.5) is 10.5 Å². The SMILES string of the molecule is CC(=O)c1ccc(NC(=O)[C@H](C)OC(=O)CN2C(=O)NC3(CCCC3)C2=O)cc1. The molecule has 1 aromatic rings. The Kier molecular flexibility index (Phi) is 5.67. The lowest BCUT2D eigenvalue weighted by Gasteiger charge is -2.20. The zero-order valence-electron chi connectivity index (χ0n) is 16.3. The molecule has 9 heteroatoms. The Balaban J connectivity index is 1.53. The number of carbonyl (C=O) groups excluding carboxylic acids is 5. The van der Waals surface area contributed by atoms with Gasteiger partial charge >= 0.3 is 12.0 Å². The predicted molar refractivity (Wildman–Crippen MR) is 102 cm³/mol. The van der Waals surface area contributed by atoms with Gasteiger partial charge in [-0.1, -0.05) is 12.8 Å². The van der Waals surface area contributed by atoms with Gasteiger partial charge in [0, 0.05) is 11.3 Å². The van der Waals surface area contributed by atoms with Gasteiger partial charge < -0.3 is 15.4 Å². The van der Waals surface area contributed by atoms with E-state index >= 15 is 0 Å². The number of nitrogens with one attached hydrogen (secondary N) is 2. The Hall–Kier alpha value is -3.23. The first-order chi connectivity index (χ1) is 13.7. The standard InChI is InChI=1S/C20H23N3O6/c1-12(24)14-5-7-15(8-6-14)21-17(26)13(2)29-16(25)11-23-18(27)20(22-19(23)28)9-3-4-10-20/h5-8,13H,3-4,9-11H2,1-2H3,(H,21,26)(H,22,28)/t13-/m0/s1. The molecule has 2 aliphatic rings. The molecule has 154 valence electrons. The maximum absolute atomic E-state index is 12.5. The topological polar surface area (TPSA) is 122 Å². The Morgan fingerprint density at radius 2 is 1.79 bits per heavy atom. The summed E-state index contributed by atoms with van der Waals surface area (Å²) >= 11 is 0. The highest BCUT2D eigenvalue weighted by molar-refractivity contribution is 6.09. The number of Topliss-reactive ketones (excluding diaryl/α,β-unsaturated/α-hetero) is 1. The molecule has 29 heavy (non-hydrogen) atoms. The maximum atomic E-state index is 12.5. The number of ether oxygens (including phenoxy) is 1. The maximum Gasteiger partial charge on any atom is 0.327 e. The predicted octanol–water partition coefficient (Wildman–Crippen LogP) is 1.62. The number of benzene rings is 1. The van der Waals surface area contributed by atoms with Crippen molar-refractivity contribution in [3.8, 4) is 0 Å². The van der Waals surface area contributed by atoms with Crippen molar-refractivity contribution in [2.24, 2.45) is 0 Å². The Morgan fingerprint density at radius 1 is 1.17 bits per heavy atom. The van der Waals surface area contributed by atoms with Gasteiger partial charge in [0.25, 0.3) is 11.8 Å². The summed E-state index contributed by atoms with van der Waals surface area (Å²) in [7, 11) is 0. The molecule has 0 bridgehead atoms. The van der Waals surface area contributed by atoms with Crippen LogP contribution in [0.15, 0.2) is 24.3 Å². The van der Waals surface area contributed by atoms with Crippen molar-refractivity contribution in [1.82, 2.24) is 10.2 Å². The lowest BCUT2D eigenvalue weighted by molar-refractivity contribution is -0.155. The third-order valence-corrected chi connectivity index (χ3v) is 5.23. The first kappa shape index (κ1) is 20.5. The number of carbonyl (C=O) groups is 5. The molecule has 9 nitrogen and oxygen atoms in total. The molecule has 2 fully saturated rings. The molecule has 2 N–H and O–H groups in total. The van der Waals surface area contributed by atoms with E-state index in [1.807, 2.05) is 0 Å². The molecule has 3 rings (SSSR count).